The molecular formula is C12H19N3O. The first-order chi connectivity index (χ1) is 7.81. The largest absolute Gasteiger partial charge is 0.383 e. The lowest BCUT2D eigenvalue weighted by atomic mass is 9.96. The van der Waals surface area contributed by atoms with Crippen molar-refractivity contribution in [2.45, 2.75) is 12.0 Å². The molecule has 1 aromatic rings. The summed E-state index contributed by atoms with van der Waals surface area (Å²) in [4.78, 5) is 6.40. The van der Waals surface area contributed by atoms with Crippen LogP contribution in [-0.2, 0) is 4.74 Å². The number of nitrogens with two attached hydrogens (primary N) is 1. The summed E-state index contributed by atoms with van der Waals surface area (Å²) in [6.07, 6.45) is 3.67. The normalized spacial score (nSPS) is 26.1. The number of likely N-dealkylation sites (tertiary alicyclic amines) is 1. The van der Waals surface area contributed by atoms with Crippen LogP contribution in [0.2, 0.25) is 0 Å². The van der Waals surface area contributed by atoms with Gasteiger partial charge in [-0.25, -0.2) is 0 Å². The predicted octanol–water partition coefficient (Wildman–Crippen LogP) is 0.455. The molecule has 0 saturated carbocycles. The second-order valence-corrected chi connectivity index (χ2v) is 4.30. The summed E-state index contributed by atoms with van der Waals surface area (Å²) in [5, 5.41) is 0. The minimum Gasteiger partial charge on any atom is -0.383 e. The van der Waals surface area contributed by atoms with E-state index in [2.05, 4.69) is 22.0 Å². The fourth-order valence-electron chi connectivity index (χ4n) is 2.28. The second kappa shape index (κ2) is 5.39. The van der Waals surface area contributed by atoms with Crippen molar-refractivity contribution in [3.63, 3.8) is 0 Å². The third-order valence-corrected chi connectivity index (χ3v) is 3.19. The molecule has 1 fully saturated rings. The summed E-state index contributed by atoms with van der Waals surface area (Å²) < 4.78 is 5.09. The molecule has 0 bridgehead atoms. The molecule has 0 unspecified atom stereocenters. The summed E-state index contributed by atoms with van der Waals surface area (Å²) in [6.45, 7) is 3.71. The van der Waals surface area contributed by atoms with Crippen molar-refractivity contribution in [3.05, 3.63) is 30.1 Å². The van der Waals surface area contributed by atoms with Crippen molar-refractivity contribution in [1.82, 2.24) is 9.88 Å². The molecule has 0 spiro atoms. The topological polar surface area (TPSA) is 51.4 Å². The molecule has 16 heavy (non-hydrogen) atoms. The molecule has 2 atom stereocenters. The Hall–Kier alpha value is -0.970. The molecule has 1 aromatic heterocycles. The summed E-state index contributed by atoms with van der Waals surface area (Å²) in [5.74, 6) is 0.430. The maximum Gasteiger partial charge on any atom is 0.0589 e. The lowest BCUT2D eigenvalue weighted by Gasteiger charge is -2.15. The van der Waals surface area contributed by atoms with Crippen molar-refractivity contribution in [1.29, 1.82) is 0 Å². The maximum absolute atomic E-state index is 6.17. The lowest BCUT2D eigenvalue weighted by molar-refractivity contribution is 0.160. The lowest BCUT2D eigenvalue weighted by Crippen LogP contribution is -2.30. The molecular weight excluding hydrogens is 202 g/mol. The van der Waals surface area contributed by atoms with Crippen molar-refractivity contribution in [2.24, 2.45) is 5.73 Å². The van der Waals surface area contributed by atoms with Crippen LogP contribution in [0.25, 0.3) is 0 Å². The first-order valence-electron chi connectivity index (χ1n) is 5.68. The average molecular weight is 221 g/mol. The molecule has 88 valence electrons. The minimum atomic E-state index is 0.222. The van der Waals surface area contributed by atoms with Gasteiger partial charge in [0.1, 0.15) is 0 Å². The maximum atomic E-state index is 6.17. The predicted molar refractivity (Wildman–Crippen MR) is 63.3 cm³/mol. The Kier molecular flexibility index (Phi) is 3.88. The van der Waals surface area contributed by atoms with Gasteiger partial charge in [-0.3, -0.25) is 9.88 Å². The highest BCUT2D eigenvalue weighted by atomic mass is 16.5. The van der Waals surface area contributed by atoms with Gasteiger partial charge in [0.25, 0.3) is 0 Å². The zero-order chi connectivity index (χ0) is 11.4. The number of hydrogen-bond donors (Lipinski definition) is 1. The van der Waals surface area contributed by atoms with E-state index >= 15 is 0 Å². The zero-order valence-electron chi connectivity index (χ0n) is 9.67. The SMILES string of the molecule is COCCN1C[C@H](c2ccncc2)[C@@H](N)C1. The summed E-state index contributed by atoms with van der Waals surface area (Å²) >= 11 is 0. The Morgan fingerprint density at radius 1 is 1.44 bits per heavy atom. The number of nitrogens with zero attached hydrogens (tertiary/aromatic N) is 2. The highest BCUT2D eigenvalue weighted by Gasteiger charge is 2.30. The fourth-order valence-corrected chi connectivity index (χ4v) is 2.28. The van der Waals surface area contributed by atoms with E-state index in [4.69, 9.17) is 10.5 Å². The second-order valence-electron chi connectivity index (χ2n) is 4.30. The van der Waals surface area contributed by atoms with E-state index < -0.39 is 0 Å². The number of rotatable bonds is 4. The molecule has 0 aromatic carbocycles. The van der Waals surface area contributed by atoms with Crippen molar-refractivity contribution >= 4 is 0 Å². The summed E-state index contributed by atoms with van der Waals surface area (Å²) in [5.41, 5.74) is 7.46. The number of methoxy groups -OCH3 is 1. The summed E-state index contributed by atoms with van der Waals surface area (Å²) in [7, 11) is 1.73. The van der Waals surface area contributed by atoms with Crippen LogP contribution in [-0.4, -0.2) is 49.3 Å². The molecule has 1 aliphatic heterocycles. The number of ether oxygens (including phenoxy) is 1. The average Bonchev–Trinajstić information content (AvgIpc) is 2.69. The summed E-state index contributed by atoms with van der Waals surface area (Å²) in [6, 6.07) is 4.34. The van der Waals surface area contributed by atoms with E-state index in [-0.39, 0.29) is 6.04 Å². The van der Waals surface area contributed by atoms with E-state index in [1.165, 1.54) is 5.56 Å². The molecule has 1 aliphatic rings. The molecule has 2 rings (SSSR count). The van der Waals surface area contributed by atoms with Crippen LogP contribution in [0.3, 0.4) is 0 Å². The van der Waals surface area contributed by atoms with Gasteiger partial charge >= 0.3 is 0 Å². The third kappa shape index (κ3) is 2.58. The van der Waals surface area contributed by atoms with Gasteiger partial charge in [0.15, 0.2) is 0 Å². The van der Waals surface area contributed by atoms with Crippen molar-refractivity contribution in [3.8, 4) is 0 Å². The van der Waals surface area contributed by atoms with Gasteiger partial charge in [0.05, 0.1) is 6.61 Å². The van der Waals surface area contributed by atoms with Gasteiger partial charge in [0, 0.05) is 51.1 Å². The van der Waals surface area contributed by atoms with E-state index in [9.17, 15) is 0 Å². The quantitative estimate of drug-likeness (QED) is 0.802. The van der Waals surface area contributed by atoms with Crippen LogP contribution < -0.4 is 5.73 Å². The van der Waals surface area contributed by atoms with Crippen LogP contribution in [0.4, 0.5) is 0 Å². The Labute approximate surface area is 96.4 Å². The first-order valence-corrected chi connectivity index (χ1v) is 5.68. The van der Waals surface area contributed by atoms with Gasteiger partial charge in [-0.15, -0.1) is 0 Å². The smallest absolute Gasteiger partial charge is 0.0589 e. The third-order valence-electron chi connectivity index (χ3n) is 3.19. The number of aromatic nitrogens is 1. The first kappa shape index (κ1) is 11.5. The van der Waals surface area contributed by atoms with Crippen LogP contribution in [0.5, 0.6) is 0 Å². The monoisotopic (exact) mass is 221 g/mol. The van der Waals surface area contributed by atoms with Crippen LogP contribution in [0, 0.1) is 0 Å². The Balaban J connectivity index is 1.97. The Morgan fingerprint density at radius 3 is 2.88 bits per heavy atom. The van der Waals surface area contributed by atoms with Crippen LogP contribution in [0.15, 0.2) is 24.5 Å². The molecule has 1 saturated heterocycles. The van der Waals surface area contributed by atoms with Gasteiger partial charge in [0.2, 0.25) is 0 Å². The van der Waals surface area contributed by atoms with Crippen molar-refractivity contribution < 1.29 is 4.74 Å². The Morgan fingerprint density at radius 2 is 2.19 bits per heavy atom. The highest BCUT2D eigenvalue weighted by molar-refractivity contribution is 5.20. The Bertz CT molecular complexity index is 317. The molecule has 0 amide bonds. The van der Waals surface area contributed by atoms with E-state index in [0.29, 0.717) is 5.92 Å². The van der Waals surface area contributed by atoms with Gasteiger partial charge in [-0.1, -0.05) is 0 Å². The van der Waals surface area contributed by atoms with Crippen LogP contribution in [0.1, 0.15) is 11.5 Å². The van der Waals surface area contributed by atoms with Crippen LogP contribution >= 0.6 is 0 Å². The van der Waals surface area contributed by atoms with Gasteiger partial charge in [-0.2, -0.15) is 0 Å². The zero-order valence-corrected chi connectivity index (χ0v) is 9.67. The van der Waals surface area contributed by atoms with Gasteiger partial charge < -0.3 is 10.5 Å². The number of hydrogen-bond acceptors (Lipinski definition) is 4. The molecule has 0 radical (unpaired) electrons. The molecule has 0 aliphatic carbocycles. The van der Waals surface area contributed by atoms with E-state index in [1.807, 2.05) is 12.4 Å². The standard InChI is InChI=1S/C12H19N3O/c1-16-7-6-15-8-11(12(13)9-15)10-2-4-14-5-3-10/h2-5,11-12H,6-9,13H2,1H3/t11-,12+/m1/s1. The fraction of sp³-hybridized carbons (Fsp3) is 0.583. The molecule has 2 N–H and O–H groups in total. The van der Waals surface area contributed by atoms with Crippen molar-refractivity contribution in [2.75, 3.05) is 33.4 Å². The van der Waals surface area contributed by atoms with E-state index in [1.54, 1.807) is 7.11 Å². The minimum absolute atomic E-state index is 0.222. The molecule has 2 heterocycles. The van der Waals surface area contributed by atoms with Gasteiger partial charge in [-0.05, 0) is 17.7 Å². The number of pyridine rings is 1. The molecule has 4 nitrogen and oxygen atoms in total. The highest BCUT2D eigenvalue weighted by Crippen LogP contribution is 2.25. The van der Waals surface area contributed by atoms with E-state index in [0.717, 1.165) is 26.2 Å². The molecule has 4 heteroatoms.